The number of rotatable bonds is 8. The molecule has 0 radical (unpaired) electrons. The summed E-state index contributed by atoms with van der Waals surface area (Å²) in [4.78, 5) is 48.8. The standard InChI is InChI=1S/C31H42O10/c1-16(13-12-14-17(2)26-18(3)25(35)19(4)28(37-11)40-26)15-24-20(5)31(10,41-23(8)34)29(39-22(7)33)30(9,36)27(24)38-21(6)32/h12-15,20,24,27,29,36H,1-11H3/b13-12+,16-15+,17-14+/t20-,24-,27+,29+,30+,31+/m1/s1. The van der Waals surface area contributed by atoms with Gasteiger partial charge >= 0.3 is 17.9 Å². The van der Waals surface area contributed by atoms with E-state index in [4.69, 9.17) is 23.4 Å². The van der Waals surface area contributed by atoms with Crippen molar-refractivity contribution in [2.75, 3.05) is 7.11 Å². The molecule has 0 unspecified atom stereocenters. The zero-order chi connectivity index (χ0) is 31.4. The number of ether oxygens (including phenoxy) is 4. The van der Waals surface area contributed by atoms with Crippen LogP contribution in [0.5, 0.6) is 5.95 Å². The SMILES string of the molecule is COc1oc(/C(C)=C/C=C/C(C)=C/[C@@H]2[C@@H](C)[C@](C)(OC(C)=O)[C@@H](OC(C)=O)[C@@](C)(O)[C@H]2OC(C)=O)c(C)c(=O)c1C. The van der Waals surface area contributed by atoms with Crippen molar-refractivity contribution in [3.63, 3.8) is 0 Å². The van der Waals surface area contributed by atoms with Gasteiger partial charge in [-0.15, -0.1) is 0 Å². The van der Waals surface area contributed by atoms with Crippen LogP contribution in [0.15, 0.2) is 39.1 Å². The van der Waals surface area contributed by atoms with E-state index in [2.05, 4.69) is 0 Å². The molecule has 1 aliphatic carbocycles. The molecule has 1 aliphatic rings. The Morgan fingerprint density at radius 2 is 1.54 bits per heavy atom. The maximum atomic E-state index is 12.6. The molecular formula is C31H42O10. The maximum absolute atomic E-state index is 12.6. The van der Waals surface area contributed by atoms with Crippen molar-refractivity contribution in [2.24, 2.45) is 11.8 Å². The lowest BCUT2D eigenvalue weighted by atomic mass is 9.60. The highest BCUT2D eigenvalue weighted by Gasteiger charge is 2.65. The summed E-state index contributed by atoms with van der Waals surface area (Å²) in [7, 11) is 1.44. The van der Waals surface area contributed by atoms with Crippen LogP contribution >= 0.6 is 0 Å². The molecule has 2 rings (SSSR count). The quantitative estimate of drug-likeness (QED) is 0.270. The fourth-order valence-corrected chi connectivity index (χ4v) is 5.54. The van der Waals surface area contributed by atoms with Crippen LogP contribution in [0.4, 0.5) is 0 Å². The van der Waals surface area contributed by atoms with Gasteiger partial charge in [0.2, 0.25) is 0 Å². The first-order valence-corrected chi connectivity index (χ1v) is 13.4. The molecule has 1 N–H and O–H groups in total. The first-order valence-electron chi connectivity index (χ1n) is 13.4. The molecule has 1 heterocycles. The smallest absolute Gasteiger partial charge is 0.303 e. The maximum Gasteiger partial charge on any atom is 0.303 e. The molecule has 0 saturated heterocycles. The van der Waals surface area contributed by atoms with E-state index in [1.807, 2.05) is 13.0 Å². The van der Waals surface area contributed by atoms with Gasteiger partial charge in [0.05, 0.1) is 12.7 Å². The summed E-state index contributed by atoms with van der Waals surface area (Å²) in [6, 6.07) is 0. The van der Waals surface area contributed by atoms with Gasteiger partial charge in [0.15, 0.2) is 17.1 Å². The third kappa shape index (κ3) is 7.16. The number of hydrogen-bond acceptors (Lipinski definition) is 10. The number of hydrogen-bond donors (Lipinski definition) is 1. The van der Waals surface area contributed by atoms with Crippen LogP contribution in [0.2, 0.25) is 0 Å². The Morgan fingerprint density at radius 3 is 2.05 bits per heavy atom. The topological polar surface area (TPSA) is 139 Å². The Morgan fingerprint density at radius 1 is 0.951 bits per heavy atom. The van der Waals surface area contributed by atoms with Crippen LogP contribution in [0.25, 0.3) is 5.57 Å². The number of methoxy groups -OCH3 is 1. The van der Waals surface area contributed by atoms with Crippen LogP contribution in [-0.4, -0.2) is 53.5 Å². The Hall–Kier alpha value is -3.66. The largest absolute Gasteiger partial charge is 0.468 e. The van der Waals surface area contributed by atoms with Crippen molar-refractivity contribution in [1.29, 1.82) is 0 Å². The molecule has 0 amide bonds. The van der Waals surface area contributed by atoms with Crippen molar-refractivity contribution in [3.8, 4) is 5.95 Å². The number of carbonyl (C=O) groups is 3. The van der Waals surface area contributed by atoms with Gasteiger partial charge < -0.3 is 28.5 Å². The molecule has 10 heteroatoms. The van der Waals surface area contributed by atoms with Gasteiger partial charge in [0, 0.05) is 38.2 Å². The van der Waals surface area contributed by atoms with Crippen LogP contribution in [0.3, 0.4) is 0 Å². The van der Waals surface area contributed by atoms with Gasteiger partial charge in [-0.1, -0.05) is 36.8 Å². The van der Waals surface area contributed by atoms with E-state index in [-0.39, 0.29) is 11.4 Å². The minimum Gasteiger partial charge on any atom is -0.468 e. The van der Waals surface area contributed by atoms with E-state index in [0.717, 1.165) is 5.57 Å². The highest BCUT2D eigenvalue weighted by atomic mass is 16.6. The zero-order valence-corrected chi connectivity index (χ0v) is 25.7. The second-order valence-corrected chi connectivity index (χ2v) is 11.0. The molecule has 0 bridgehead atoms. The summed E-state index contributed by atoms with van der Waals surface area (Å²) >= 11 is 0. The fraction of sp³-hybridized carbons (Fsp3) is 0.548. The second-order valence-electron chi connectivity index (χ2n) is 11.0. The normalized spacial score (nSPS) is 28.8. The number of esters is 3. The molecule has 1 saturated carbocycles. The van der Waals surface area contributed by atoms with E-state index in [1.54, 1.807) is 52.8 Å². The summed E-state index contributed by atoms with van der Waals surface area (Å²) in [5.41, 5.74) is -1.21. The van der Waals surface area contributed by atoms with E-state index in [0.29, 0.717) is 22.5 Å². The minimum atomic E-state index is -1.91. The van der Waals surface area contributed by atoms with Crippen LogP contribution in [0.1, 0.15) is 72.3 Å². The highest BCUT2D eigenvalue weighted by Crippen LogP contribution is 2.49. The predicted octanol–water partition coefficient (Wildman–Crippen LogP) is 4.37. The van der Waals surface area contributed by atoms with Crippen molar-refractivity contribution < 1.29 is 42.9 Å². The Bertz CT molecular complexity index is 1330. The highest BCUT2D eigenvalue weighted by molar-refractivity contribution is 5.69. The molecule has 41 heavy (non-hydrogen) atoms. The molecule has 0 aromatic carbocycles. The Balaban J connectivity index is 2.56. The van der Waals surface area contributed by atoms with Crippen LogP contribution < -0.4 is 10.2 Å². The Kier molecular flexibility index (Phi) is 10.5. The lowest BCUT2D eigenvalue weighted by molar-refractivity contribution is -0.275. The molecule has 1 aromatic rings. The molecule has 1 fully saturated rings. The summed E-state index contributed by atoms with van der Waals surface area (Å²) in [5, 5.41) is 11.7. The van der Waals surface area contributed by atoms with E-state index < -0.39 is 53.2 Å². The first-order chi connectivity index (χ1) is 18.9. The van der Waals surface area contributed by atoms with Gasteiger partial charge in [0.25, 0.3) is 5.95 Å². The molecule has 226 valence electrons. The molecule has 1 aromatic heterocycles. The zero-order valence-electron chi connectivity index (χ0n) is 25.7. The van der Waals surface area contributed by atoms with Gasteiger partial charge in [-0.25, -0.2) is 0 Å². The van der Waals surface area contributed by atoms with E-state index in [1.165, 1.54) is 34.8 Å². The summed E-state index contributed by atoms with van der Waals surface area (Å²) < 4.78 is 27.8. The van der Waals surface area contributed by atoms with E-state index >= 15 is 0 Å². The van der Waals surface area contributed by atoms with Crippen LogP contribution in [0, 0.1) is 25.7 Å². The van der Waals surface area contributed by atoms with Gasteiger partial charge in [-0.2, -0.15) is 0 Å². The summed E-state index contributed by atoms with van der Waals surface area (Å²) in [5.74, 6) is -2.57. The monoisotopic (exact) mass is 574 g/mol. The molecule has 10 nitrogen and oxygen atoms in total. The third-order valence-corrected chi connectivity index (χ3v) is 7.63. The second kappa shape index (κ2) is 12.9. The summed E-state index contributed by atoms with van der Waals surface area (Å²) in [6.07, 6.45) is 4.73. The van der Waals surface area contributed by atoms with Gasteiger partial charge in [-0.05, 0) is 47.1 Å². The van der Waals surface area contributed by atoms with Crippen molar-refractivity contribution in [1.82, 2.24) is 0 Å². The minimum absolute atomic E-state index is 0.154. The van der Waals surface area contributed by atoms with Crippen LogP contribution in [-0.2, 0) is 28.6 Å². The lowest BCUT2D eigenvalue weighted by Crippen LogP contribution is -2.72. The van der Waals surface area contributed by atoms with Gasteiger partial charge in [0.1, 0.15) is 17.5 Å². The van der Waals surface area contributed by atoms with Gasteiger partial charge in [-0.3, -0.25) is 19.2 Å². The fourth-order valence-electron chi connectivity index (χ4n) is 5.54. The molecule has 6 atom stereocenters. The molecule has 0 spiro atoms. The summed E-state index contributed by atoms with van der Waals surface area (Å²) in [6.45, 7) is 15.4. The number of allylic oxidation sites excluding steroid dienone is 5. The van der Waals surface area contributed by atoms with Crippen molar-refractivity contribution in [3.05, 3.63) is 57.0 Å². The number of aliphatic hydroxyl groups is 1. The lowest BCUT2D eigenvalue weighted by Gasteiger charge is -2.56. The first kappa shape index (κ1) is 33.5. The predicted molar refractivity (Wildman–Crippen MR) is 152 cm³/mol. The van der Waals surface area contributed by atoms with Crippen molar-refractivity contribution >= 4 is 23.5 Å². The molecule has 0 aliphatic heterocycles. The average Bonchev–Trinajstić information content (AvgIpc) is 2.86. The number of carbonyl (C=O) groups excluding carboxylic acids is 3. The third-order valence-electron chi connectivity index (χ3n) is 7.63. The average molecular weight is 575 g/mol. The molecular weight excluding hydrogens is 532 g/mol. The Labute approximate surface area is 241 Å². The van der Waals surface area contributed by atoms with E-state index in [9.17, 15) is 24.3 Å². The van der Waals surface area contributed by atoms with Crippen molar-refractivity contribution in [2.45, 2.75) is 92.6 Å².